The SMILES string of the molecule is COc1ccccc1C=CC(=O)N(CCC#N)Cc1ccco1. The van der Waals surface area contributed by atoms with Gasteiger partial charge in [-0.05, 0) is 24.3 Å². The number of carbonyl (C=O) groups is 1. The zero-order valence-corrected chi connectivity index (χ0v) is 12.9. The third kappa shape index (κ3) is 4.75. The number of hydrogen-bond donors (Lipinski definition) is 0. The van der Waals surface area contributed by atoms with Crippen molar-refractivity contribution in [3.05, 3.63) is 60.1 Å². The van der Waals surface area contributed by atoms with E-state index in [0.29, 0.717) is 24.6 Å². The average molecular weight is 310 g/mol. The predicted molar refractivity (Wildman–Crippen MR) is 86.4 cm³/mol. The van der Waals surface area contributed by atoms with Crippen LogP contribution in [0, 0.1) is 11.3 Å². The number of amides is 1. The van der Waals surface area contributed by atoms with Gasteiger partial charge in [0.15, 0.2) is 0 Å². The fraction of sp³-hybridized carbons (Fsp3) is 0.222. The van der Waals surface area contributed by atoms with E-state index >= 15 is 0 Å². The molecule has 0 saturated carbocycles. The third-order valence-electron chi connectivity index (χ3n) is 3.28. The summed E-state index contributed by atoms with van der Waals surface area (Å²) in [5, 5.41) is 8.75. The summed E-state index contributed by atoms with van der Waals surface area (Å²) < 4.78 is 10.5. The van der Waals surface area contributed by atoms with Crippen LogP contribution in [0.5, 0.6) is 5.75 Å². The van der Waals surface area contributed by atoms with Gasteiger partial charge in [0.25, 0.3) is 0 Å². The summed E-state index contributed by atoms with van der Waals surface area (Å²) in [7, 11) is 1.59. The van der Waals surface area contributed by atoms with Crippen molar-refractivity contribution in [2.75, 3.05) is 13.7 Å². The molecule has 0 aliphatic carbocycles. The second-order valence-corrected chi connectivity index (χ2v) is 4.82. The molecule has 0 spiro atoms. The molecular weight excluding hydrogens is 292 g/mol. The number of hydrogen-bond acceptors (Lipinski definition) is 4. The lowest BCUT2D eigenvalue weighted by atomic mass is 10.2. The van der Waals surface area contributed by atoms with Crippen LogP contribution in [0.3, 0.4) is 0 Å². The van der Waals surface area contributed by atoms with E-state index in [1.54, 1.807) is 36.5 Å². The Balaban J connectivity index is 2.10. The van der Waals surface area contributed by atoms with Gasteiger partial charge >= 0.3 is 0 Å². The Hall–Kier alpha value is -3.00. The lowest BCUT2D eigenvalue weighted by Crippen LogP contribution is -2.29. The van der Waals surface area contributed by atoms with E-state index in [2.05, 4.69) is 6.07 Å². The van der Waals surface area contributed by atoms with Crippen LogP contribution in [0.4, 0.5) is 0 Å². The molecule has 2 aromatic rings. The Bertz CT molecular complexity index is 699. The largest absolute Gasteiger partial charge is 0.496 e. The number of ether oxygens (including phenoxy) is 1. The van der Waals surface area contributed by atoms with Crippen molar-refractivity contribution in [1.29, 1.82) is 5.26 Å². The first-order chi connectivity index (χ1) is 11.2. The molecule has 0 bridgehead atoms. The summed E-state index contributed by atoms with van der Waals surface area (Å²) in [6.45, 7) is 0.691. The first-order valence-corrected chi connectivity index (χ1v) is 7.24. The third-order valence-corrected chi connectivity index (χ3v) is 3.28. The summed E-state index contributed by atoms with van der Waals surface area (Å²) >= 11 is 0. The highest BCUT2D eigenvalue weighted by molar-refractivity contribution is 5.92. The van der Waals surface area contributed by atoms with E-state index in [1.807, 2.05) is 24.3 Å². The van der Waals surface area contributed by atoms with E-state index < -0.39 is 0 Å². The first-order valence-electron chi connectivity index (χ1n) is 7.24. The van der Waals surface area contributed by atoms with Crippen LogP contribution in [-0.4, -0.2) is 24.5 Å². The molecule has 0 aliphatic heterocycles. The molecule has 1 heterocycles. The Morgan fingerprint density at radius 2 is 2.17 bits per heavy atom. The average Bonchev–Trinajstić information content (AvgIpc) is 3.09. The highest BCUT2D eigenvalue weighted by Crippen LogP contribution is 2.19. The van der Waals surface area contributed by atoms with E-state index in [9.17, 15) is 4.79 Å². The normalized spacial score (nSPS) is 10.4. The minimum Gasteiger partial charge on any atom is -0.496 e. The van der Waals surface area contributed by atoms with Crippen molar-refractivity contribution < 1.29 is 13.9 Å². The minimum atomic E-state index is -0.178. The maximum Gasteiger partial charge on any atom is 0.247 e. The maximum atomic E-state index is 12.4. The molecule has 23 heavy (non-hydrogen) atoms. The summed E-state index contributed by atoms with van der Waals surface area (Å²) in [6, 6.07) is 13.1. The number of benzene rings is 1. The quantitative estimate of drug-likeness (QED) is 0.736. The van der Waals surface area contributed by atoms with Crippen LogP contribution in [0.1, 0.15) is 17.7 Å². The van der Waals surface area contributed by atoms with Crippen molar-refractivity contribution in [2.24, 2.45) is 0 Å². The number of methoxy groups -OCH3 is 1. The molecule has 0 unspecified atom stereocenters. The van der Waals surface area contributed by atoms with E-state index in [1.165, 1.54) is 6.08 Å². The molecule has 5 nitrogen and oxygen atoms in total. The Morgan fingerprint density at radius 3 is 2.87 bits per heavy atom. The lowest BCUT2D eigenvalue weighted by Gasteiger charge is -2.18. The van der Waals surface area contributed by atoms with Gasteiger partial charge in [0.1, 0.15) is 11.5 Å². The highest BCUT2D eigenvalue weighted by Gasteiger charge is 2.12. The van der Waals surface area contributed by atoms with Crippen molar-refractivity contribution >= 4 is 12.0 Å². The van der Waals surface area contributed by atoms with Crippen molar-refractivity contribution in [3.63, 3.8) is 0 Å². The number of nitrogens with zero attached hydrogens (tertiary/aromatic N) is 2. The smallest absolute Gasteiger partial charge is 0.247 e. The van der Waals surface area contributed by atoms with Crippen LogP contribution in [0.15, 0.2) is 53.2 Å². The van der Waals surface area contributed by atoms with Gasteiger partial charge in [0.2, 0.25) is 5.91 Å². The number of carbonyl (C=O) groups excluding carboxylic acids is 1. The fourth-order valence-electron chi connectivity index (χ4n) is 2.11. The van der Waals surface area contributed by atoms with Gasteiger partial charge in [-0.15, -0.1) is 0 Å². The molecule has 1 aromatic carbocycles. The Labute approximate surface area is 135 Å². The highest BCUT2D eigenvalue weighted by atomic mass is 16.5. The molecule has 118 valence electrons. The topological polar surface area (TPSA) is 66.5 Å². The van der Waals surface area contributed by atoms with Crippen LogP contribution in [0.25, 0.3) is 6.08 Å². The summed E-state index contributed by atoms with van der Waals surface area (Å²) in [5.74, 6) is 1.20. The molecule has 0 fully saturated rings. The minimum absolute atomic E-state index is 0.178. The van der Waals surface area contributed by atoms with Crippen LogP contribution in [-0.2, 0) is 11.3 Å². The van der Waals surface area contributed by atoms with Gasteiger partial charge in [0.05, 0.1) is 32.4 Å². The molecule has 1 amide bonds. The molecule has 0 radical (unpaired) electrons. The van der Waals surface area contributed by atoms with Gasteiger partial charge < -0.3 is 14.1 Å². The standard InChI is InChI=1S/C18H18N2O3/c1-22-17-8-3-2-6-15(17)9-10-18(21)20(12-5-11-19)14-16-7-4-13-23-16/h2-4,6-10,13H,5,12,14H2,1H3. The maximum absolute atomic E-state index is 12.4. The Kier molecular flexibility index (Phi) is 6.01. The van der Waals surface area contributed by atoms with Crippen LogP contribution < -0.4 is 4.74 Å². The summed E-state index contributed by atoms with van der Waals surface area (Å²) in [5.41, 5.74) is 0.821. The van der Waals surface area contributed by atoms with Gasteiger partial charge in [0, 0.05) is 18.2 Å². The van der Waals surface area contributed by atoms with E-state index in [4.69, 9.17) is 14.4 Å². The van der Waals surface area contributed by atoms with E-state index in [0.717, 1.165) is 5.56 Å². The van der Waals surface area contributed by atoms with Gasteiger partial charge in [-0.25, -0.2) is 0 Å². The van der Waals surface area contributed by atoms with Crippen molar-refractivity contribution in [1.82, 2.24) is 4.90 Å². The zero-order chi connectivity index (χ0) is 16.5. The number of rotatable bonds is 7. The Morgan fingerprint density at radius 1 is 1.35 bits per heavy atom. The molecule has 0 saturated heterocycles. The van der Waals surface area contributed by atoms with Gasteiger partial charge in [-0.2, -0.15) is 5.26 Å². The first kappa shape index (κ1) is 16.4. The predicted octanol–water partition coefficient (Wildman–Crippen LogP) is 3.24. The van der Waals surface area contributed by atoms with Crippen LogP contribution >= 0.6 is 0 Å². The molecule has 0 aliphatic rings. The van der Waals surface area contributed by atoms with Crippen molar-refractivity contribution in [2.45, 2.75) is 13.0 Å². The lowest BCUT2D eigenvalue weighted by molar-refractivity contribution is -0.126. The van der Waals surface area contributed by atoms with Crippen LogP contribution in [0.2, 0.25) is 0 Å². The van der Waals surface area contributed by atoms with Gasteiger partial charge in [-0.1, -0.05) is 18.2 Å². The summed E-state index contributed by atoms with van der Waals surface area (Å²) in [6.07, 6.45) is 5.03. The van der Waals surface area contributed by atoms with E-state index in [-0.39, 0.29) is 12.3 Å². The van der Waals surface area contributed by atoms with Crippen molar-refractivity contribution in [3.8, 4) is 11.8 Å². The fourth-order valence-corrected chi connectivity index (χ4v) is 2.11. The number of furan rings is 1. The van der Waals surface area contributed by atoms with Gasteiger partial charge in [-0.3, -0.25) is 4.79 Å². The summed E-state index contributed by atoms with van der Waals surface area (Å²) in [4.78, 5) is 14.0. The molecule has 5 heteroatoms. The molecule has 2 rings (SSSR count). The molecule has 0 N–H and O–H groups in total. The molecule has 1 aromatic heterocycles. The second kappa shape index (κ2) is 8.44. The number of nitriles is 1. The zero-order valence-electron chi connectivity index (χ0n) is 12.9. The second-order valence-electron chi connectivity index (χ2n) is 4.82. The molecule has 0 atom stereocenters. The molecular formula is C18H18N2O3. The monoisotopic (exact) mass is 310 g/mol. The number of para-hydroxylation sites is 1.